The summed E-state index contributed by atoms with van der Waals surface area (Å²) >= 11 is 0. The van der Waals surface area contributed by atoms with Crippen molar-refractivity contribution in [3.8, 4) is 95.5 Å². The van der Waals surface area contributed by atoms with E-state index >= 15 is 0 Å². The van der Waals surface area contributed by atoms with Gasteiger partial charge < -0.3 is 4.57 Å². The molecule has 4 heteroatoms. The van der Waals surface area contributed by atoms with Crippen LogP contribution in [-0.4, -0.2) is 19.5 Å². The normalized spacial score (nSPS) is 11.3. The first-order chi connectivity index (χ1) is 33.2. The van der Waals surface area contributed by atoms with Gasteiger partial charge in [-0.05, 0) is 53.1 Å². The lowest BCUT2D eigenvalue weighted by molar-refractivity contribution is 1.17. The molecule has 0 unspecified atom stereocenters. The topological polar surface area (TPSA) is 43.6 Å². The lowest BCUT2D eigenvalue weighted by atomic mass is 9.83. The molecule has 3 aromatic heterocycles. The third-order valence-corrected chi connectivity index (χ3v) is 12.6. The fourth-order valence-electron chi connectivity index (χ4n) is 9.53. The van der Waals surface area contributed by atoms with Crippen LogP contribution in [0.25, 0.3) is 117 Å². The lowest BCUT2D eigenvalue weighted by Gasteiger charge is -2.23. The van der Waals surface area contributed by atoms with Gasteiger partial charge in [0.1, 0.15) is 0 Å². The zero-order chi connectivity index (χ0) is 44.5. The second-order valence-corrected chi connectivity index (χ2v) is 16.7. The third kappa shape index (κ3) is 7.37. The molecule has 12 rings (SSSR count). The number of pyridine rings is 1. The molecule has 9 aromatic carbocycles. The molecule has 0 atom stereocenters. The van der Waals surface area contributed by atoms with Gasteiger partial charge in [0.05, 0.1) is 33.8 Å². The van der Waals surface area contributed by atoms with E-state index in [1.54, 1.807) is 0 Å². The van der Waals surface area contributed by atoms with Gasteiger partial charge in [-0.15, -0.1) is 0 Å². The first-order valence-electron chi connectivity index (χ1n) is 22.7. The van der Waals surface area contributed by atoms with Crippen molar-refractivity contribution in [2.75, 3.05) is 0 Å². The van der Waals surface area contributed by atoms with Gasteiger partial charge in [0, 0.05) is 61.0 Å². The summed E-state index contributed by atoms with van der Waals surface area (Å²) in [6.07, 6.45) is 0. The zero-order valence-electron chi connectivity index (χ0n) is 36.5. The van der Waals surface area contributed by atoms with Crippen LogP contribution in [0.2, 0.25) is 0 Å². The highest BCUT2D eigenvalue weighted by molar-refractivity contribution is 6.09. The Morgan fingerprint density at radius 2 is 0.657 bits per heavy atom. The van der Waals surface area contributed by atoms with Gasteiger partial charge in [-0.25, -0.2) is 15.0 Å². The predicted molar refractivity (Wildman–Crippen MR) is 278 cm³/mol. The molecule has 0 radical (unpaired) electrons. The Morgan fingerprint density at radius 1 is 0.254 bits per heavy atom. The van der Waals surface area contributed by atoms with Crippen LogP contribution < -0.4 is 0 Å². The highest BCUT2D eigenvalue weighted by atomic mass is 15.0. The van der Waals surface area contributed by atoms with Gasteiger partial charge in [0.15, 0.2) is 5.82 Å². The van der Waals surface area contributed by atoms with Crippen molar-refractivity contribution in [2.45, 2.75) is 0 Å². The monoisotopic (exact) mass is 854 g/mol. The molecule has 0 aliphatic heterocycles. The van der Waals surface area contributed by atoms with Crippen molar-refractivity contribution >= 4 is 21.8 Å². The number of fused-ring (bicyclic) bond motifs is 3. The van der Waals surface area contributed by atoms with Crippen molar-refractivity contribution in [2.24, 2.45) is 0 Å². The van der Waals surface area contributed by atoms with E-state index in [1.807, 2.05) is 18.2 Å². The van der Waals surface area contributed by atoms with Crippen molar-refractivity contribution in [1.29, 1.82) is 0 Å². The number of hydrogen-bond acceptors (Lipinski definition) is 3. The molecule has 0 bridgehead atoms. The molecular formula is C63H42N4. The van der Waals surface area contributed by atoms with Crippen LogP contribution in [0.5, 0.6) is 0 Å². The third-order valence-electron chi connectivity index (χ3n) is 12.6. The van der Waals surface area contributed by atoms with Crippen LogP contribution in [0, 0.1) is 0 Å². The highest BCUT2D eigenvalue weighted by Crippen LogP contribution is 2.49. The van der Waals surface area contributed by atoms with Gasteiger partial charge in [-0.3, -0.25) is 0 Å². The summed E-state index contributed by atoms with van der Waals surface area (Å²) in [5.41, 5.74) is 18.5. The Kier molecular flexibility index (Phi) is 10.2. The van der Waals surface area contributed by atoms with Crippen molar-refractivity contribution in [3.05, 3.63) is 255 Å². The van der Waals surface area contributed by atoms with Crippen LogP contribution in [-0.2, 0) is 0 Å². The lowest BCUT2D eigenvalue weighted by Crippen LogP contribution is -2.02. The highest BCUT2D eigenvalue weighted by Gasteiger charge is 2.26. The minimum atomic E-state index is 0.668. The smallest absolute Gasteiger partial charge is 0.160 e. The summed E-state index contributed by atoms with van der Waals surface area (Å²) in [7, 11) is 0. The average molecular weight is 855 g/mol. The summed E-state index contributed by atoms with van der Waals surface area (Å²) in [6, 6.07) is 89.8. The molecule has 0 spiro atoms. The Bertz CT molecular complexity index is 3540. The zero-order valence-corrected chi connectivity index (χ0v) is 36.5. The van der Waals surface area contributed by atoms with E-state index in [0.717, 1.165) is 89.7 Å². The fourth-order valence-corrected chi connectivity index (χ4v) is 9.53. The molecule has 0 aliphatic rings. The van der Waals surface area contributed by atoms with E-state index in [2.05, 4.69) is 241 Å². The quantitative estimate of drug-likeness (QED) is 0.145. The molecule has 4 nitrogen and oxygen atoms in total. The maximum atomic E-state index is 5.65. The van der Waals surface area contributed by atoms with E-state index in [-0.39, 0.29) is 0 Å². The average Bonchev–Trinajstić information content (AvgIpc) is 3.76. The van der Waals surface area contributed by atoms with Crippen LogP contribution in [0.3, 0.4) is 0 Å². The molecule has 0 saturated heterocycles. The standard InChI is InChI=1S/C63H42N4/c1-6-21-44(22-7-1)59-58(60(45-23-8-2-9-24-45)62(47-27-12-4-13-28-47)66-61(59)46-25-10-3-11-26-46)50-32-20-31-49(41-50)55-42-54(64-63(65-55)48-29-14-5-15-30-48)43-37-39-51(40-38-43)67-56-35-18-16-33-52(56)53-34-17-19-36-57(53)67/h1-42H. The van der Waals surface area contributed by atoms with Crippen LogP contribution in [0.4, 0.5) is 0 Å². The molecule has 314 valence electrons. The van der Waals surface area contributed by atoms with E-state index in [4.69, 9.17) is 15.0 Å². The van der Waals surface area contributed by atoms with Crippen LogP contribution in [0.15, 0.2) is 255 Å². The van der Waals surface area contributed by atoms with Gasteiger partial charge in [-0.2, -0.15) is 0 Å². The molecule has 0 aliphatic carbocycles. The predicted octanol–water partition coefficient (Wildman–Crippen LogP) is 16.3. The summed E-state index contributed by atoms with van der Waals surface area (Å²) in [5.74, 6) is 0.668. The maximum absolute atomic E-state index is 5.65. The molecule has 0 amide bonds. The van der Waals surface area contributed by atoms with E-state index in [9.17, 15) is 0 Å². The van der Waals surface area contributed by atoms with Gasteiger partial charge in [0.2, 0.25) is 0 Å². The molecule has 0 saturated carbocycles. The largest absolute Gasteiger partial charge is 0.309 e. The Hall–Kier alpha value is -8.99. The fraction of sp³-hybridized carbons (Fsp3) is 0. The number of hydrogen-bond donors (Lipinski definition) is 0. The Morgan fingerprint density at radius 3 is 1.16 bits per heavy atom. The number of nitrogens with zero attached hydrogens (tertiary/aromatic N) is 4. The SMILES string of the molecule is c1ccc(-c2nc(-c3ccc(-n4c5ccccc5c5ccccc54)cc3)cc(-c3cccc(-c4c(-c5ccccc5)c(-c5ccccc5)nc(-c5ccccc5)c4-c4ccccc4)c3)n2)cc1. The minimum Gasteiger partial charge on any atom is -0.309 e. The first kappa shape index (κ1) is 39.6. The summed E-state index contributed by atoms with van der Waals surface area (Å²) in [4.78, 5) is 16.2. The van der Waals surface area contributed by atoms with E-state index in [0.29, 0.717) is 5.82 Å². The molecule has 3 heterocycles. The molecule has 12 aromatic rings. The number of para-hydroxylation sites is 2. The molecular weight excluding hydrogens is 813 g/mol. The Balaban J connectivity index is 1.07. The van der Waals surface area contributed by atoms with Crippen molar-refractivity contribution in [1.82, 2.24) is 19.5 Å². The van der Waals surface area contributed by atoms with Crippen molar-refractivity contribution < 1.29 is 0 Å². The first-order valence-corrected chi connectivity index (χ1v) is 22.7. The van der Waals surface area contributed by atoms with Crippen LogP contribution in [0.1, 0.15) is 0 Å². The Labute approximate surface area is 389 Å². The van der Waals surface area contributed by atoms with E-state index < -0.39 is 0 Å². The van der Waals surface area contributed by atoms with E-state index in [1.165, 1.54) is 21.8 Å². The van der Waals surface area contributed by atoms with Crippen LogP contribution >= 0.6 is 0 Å². The second-order valence-electron chi connectivity index (χ2n) is 16.7. The number of aromatic nitrogens is 4. The maximum Gasteiger partial charge on any atom is 0.160 e. The summed E-state index contributed by atoms with van der Waals surface area (Å²) in [6.45, 7) is 0. The van der Waals surface area contributed by atoms with Gasteiger partial charge >= 0.3 is 0 Å². The van der Waals surface area contributed by atoms with Gasteiger partial charge in [0.25, 0.3) is 0 Å². The second kappa shape index (κ2) is 17.2. The number of benzene rings is 9. The van der Waals surface area contributed by atoms with Crippen molar-refractivity contribution in [3.63, 3.8) is 0 Å². The molecule has 0 N–H and O–H groups in total. The molecule has 67 heavy (non-hydrogen) atoms. The van der Waals surface area contributed by atoms with Gasteiger partial charge in [-0.1, -0.05) is 218 Å². The molecule has 0 fully saturated rings. The summed E-state index contributed by atoms with van der Waals surface area (Å²) < 4.78 is 2.35. The number of rotatable bonds is 9. The summed E-state index contributed by atoms with van der Waals surface area (Å²) in [5, 5.41) is 2.48. The minimum absolute atomic E-state index is 0.668.